The zero-order valence-electron chi connectivity index (χ0n) is 12.1. The van der Waals surface area contributed by atoms with Crippen molar-refractivity contribution in [2.45, 2.75) is 13.0 Å². The van der Waals surface area contributed by atoms with Crippen molar-refractivity contribution >= 4 is 22.1 Å². The molecular formula is C18H19NOS. The van der Waals surface area contributed by atoms with E-state index in [0.717, 1.165) is 18.7 Å². The van der Waals surface area contributed by atoms with Crippen molar-refractivity contribution in [2.24, 2.45) is 0 Å². The summed E-state index contributed by atoms with van der Waals surface area (Å²) in [5, 5.41) is 10.1. The molecule has 1 N–H and O–H groups in total. The highest BCUT2D eigenvalue weighted by molar-refractivity contribution is 7.07. The molecule has 0 saturated heterocycles. The first-order chi connectivity index (χ1) is 10.4. The summed E-state index contributed by atoms with van der Waals surface area (Å²) in [6.07, 6.45) is 0.954. The summed E-state index contributed by atoms with van der Waals surface area (Å²) in [6, 6.07) is 14.8. The molecular weight excluding hydrogens is 278 g/mol. The SMILES string of the molecule is CNCc1c(OCCc2ccsc2)ccc2ccccc12. The maximum absolute atomic E-state index is 6.04. The normalized spacial score (nSPS) is 10.9. The van der Waals surface area contributed by atoms with Crippen LogP contribution < -0.4 is 10.1 Å². The fourth-order valence-electron chi connectivity index (χ4n) is 2.52. The van der Waals surface area contributed by atoms with Gasteiger partial charge in [-0.05, 0) is 46.3 Å². The van der Waals surface area contributed by atoms with Gasteiger partial charge >= 0.3 is 0 Å². The minimum absolute atomic E-state index is 0.714. The van der Waals surface area contributed by atoms with E-state index in [-0.39, 0.29) is 0 Å². The molecule has 0 atom stereocenters. The Labute approximate surface area is 129 Å². The van der Waals surface area contributed by atoms with E-state index >= 15 is 0 Å². The molecule has 0 unspecified atom stereocenters. The molecule has 0 fully saturated rings. The molecule has 1 heterocycles. The Kier molecular flexibility index (Phi) is 4.53. The van der Waals surface area contributed by atoms with Crippen LogP contribution in [-0.2, 0) is 13.0 Å². The molecule has 3 heteroatoms. The highest BCUT2D eigenvalue weighted by atomic mass is 32.1. The zero-order valence-corrected chi connectivity index (χ0v) is 13.0. The molecule has 2 nitrogen and oxygen atoms in total. The first kappa shape index (κ1) is 14.1. The fraction of sp³-hybridized carbons (Fsp3) is 0.222. The number of benzene rings is 2. The fourth-order valence-corrected chi connectivity index (χ4v) is 3.23. The lowest BCUT2D eigenvalue weighted by Gasteiger charge is -2.14. The average molecular weight is 297 g/mol. The molecule has 1 aromatic heterocycles. The van der Waals surface area contributed by atoms with Crippen LogP contribution in [0.3, 0.4) is 0 Å². The number of nitrogens with one attached hydrogen (secondary N) is 1. The summed E-state index contributed by atoms with van der Waals surface area (Å²) in [5.41, 5.74) is 2.58. The number of fused-ring (bicyclic) bond motifs is 1. The van der Waals surface area contributed by atoms with Gasteiger partial charge in [-0.1, -0.05) is 30.3 Å². The van der Waals surface area contributed by atoms with Crippen molar-refractivity contribution in [3.05, 3.63) is 64.4 Å². The maximum atomic E-state index is 6.04. The largest absolute Gasteiger partial charge is 0.493 e. The Bertz CT molecular complexity index is 706. The van der Waals surface area contributed by atoms with Gasteiger partial charge in [0.05, 0.1) is 6.61 Å². The standard InChI is InChI=1S/C18H19NOS/c1-19-12-17-16-5-3-2-4-15(16)6-7-18(17)20-10-8-14-9-11-21-13-14/h2-7,9,11,13,19H,8,10,12H2,1H3. The van der Waals surface area contributed by atoms with E-state index < -0.39 is 0 Å². The summed E-state index contributed by atoms with van der Waals surface area (Å²) in [7, 11) is 1.97. The van der Waals surface area contributed by atoms with Crippen molar-refractivity contribution in [1.29, 1.82) is 0 Å². The van der Waals surface area contributed by atoms with E-state index in [4.69, 9.17) is 4.74 Å². The van der Waals surface area contributed by atoms with Crippen molar-refractivity contribution in [2.75, 3.05) is 13.7 Å². The lowest BCUT2D eigenvalue weighted by Crippen LogP contribution is -2.09. The minimum atomic E-state index is 0.714. The summed E-state index contributed by atoms with van der Waals surface area (Å²) >= 11 is 1.73. The monoisotopic (exact) mass is 297 g/mol. The van der Waals surface area contributed by atoms with Crippen LogP contribution in [0.25, 0.3) is 10.8 Å². The Morgan fingerprint density at radius 1 is 1.10 bits per heavy atom. The van der Waals surface area contributed by atoms with E-state index in [1.54, 1.807) is 11.3 Å². The Balaban J connectivity index is 1.81. The van der Waals surface area contributed by atoms with E-state index in [1.165, 1.54) is 21.9 Å². The topological polar surface area (TPSA) is 21.3 Å². The van der Waals surface area contributed by atoms with E-state index in [9.17, 15) is 0 Å². The maximum Gasteiger partial charge on any atom is 0.124 e. The molecule has 0 saturated carbocycles. The van der Waals surface area contributed by atoms with Gasteiger partial charge in [0.1, 0.15) is 5.75 Å². The molecule has 0 aliphatic heterocycles. The van der Waals surface area contributed by atoms with Crippen LogP contribution in [0.2, 0.25) is 0 Å². The quantitative estimate of drug-likeness (QED) is 0.734. The van der Waals surface area contributed by atoms with Crippen LogP contribution in [0.5, 0.6) is 5.75 Å². The average Bonchev–Trinajstić information content (AvgIpc) is 3.03. The zero-order chi connectivity index (χ0) is 14.5. The molecule has 0 radical (unpaired) electrons. The summed E-state index contributed by atoms with van der Waals surface area (Å²) < 4.78 is 6.04. The molecule has 0 aliphatic carbocycles. The molecule has 21 heavy (non-hydrogen) atoms. The Morgan fingerprint density at radius 2 is 2.00 bits per heavy atom. The number of hydrogen-bond acceptors (Lipinski definition) is 3. The van der Waals surface area contributed by atoms with Crippen LogP contribution in [0.1, 0.15) is 11.1 Å². The Hall–Kier alpha value is -1.84. The van der Waals surface area contributed by atoms with Crippen LogP contribution in [0.4, 0.5) is 0 Å². The van der Waals surface area contributed by atoms with Gasteiger partial charge in [0.15, 0.2) is 0 Å². The third-order valence-corrected chi connectivity index (χ3v) is 4.31. The highest BCUT2D eigenvalue weighted by Gasteiger charge is 2.08. The van der Waals surface area contributed by atoms with Gasteiger partial charge in [0.25, 0.3) is 0 Å². The van der Waals surface area contributed by atoms with Gasteiger partial charge in [-0.3, -0.25) is 0 Å². The second-order valence-corrected chi connectivity index (χ2v) is 5.80. The third-order valence-electron chi connectivity index (χ3n) is 3.58. The van der Waals surface area contributed by atoms with Gasteiger partial charge in [0, 0.05) is 18.5 Å². The summed E-state index contributed by atoms with van der Waals surface area (Å²) in [6.45, 7) is 1.53. The molecule has 0 aliphatic rings. The number of ether oxygens (including phenoxy) is 1. The van der Waals surface area contributed by atoms with Crippen LogP contribution >= 0.6 is 11.3 Å². The first-order valence-electron chi connectivity index (χ1n) is 7.17. The molecule has 0 spiro atoms. The van der Waals surface area contributed by atoms with Crippen LogP contribution in [-0.4, -0.2) is 13.7 Å². The van der Waals surface area contributed by atoms with E-state index in [0.29, 0.717) is 6.61 Å². The number of rotatable bonds is 6. The van der Waals surface area contributed by atoms with E-state index in [1.807, 2.05) is 7.05 Å². The molecule has 0 amide bonds. The van der Waals surface area contributed by atoms with Crippen molar-refractivity contribution < 1.29 is 4.74 Å². The van der Waals surface area contributed by atoms with Crippen molar-refractivity contribution in [1.82, 2.24) is 5.32 Å². The van der Waals surface area contributed by atoms with Crippen LogP contribution in [0.15, 0.2) is 53.2 Å². The number of hydrogen-bond donors (Lipinski definition) is 1. The summed E-state index contributed by atoms with van der Waals surface area (Å²) in [4.78, 5) is 0. The second-order valence-electron chi connectivity index (χ2n) is 5.02. The van der Waals surface area contributed by atoms with Gasteiger partial charge in [-0.25, -0.2) is 0 Å². The minimum Gasteiger partial charge on any atom is -0.493 e. The van der Waals surface area contributed by atoms with Gasteiger partial charge in [-0.2, -0.15) is 11.3 Å². The molecule has 2 aromatic carbocycles. The van der Waals surface area contributed by atoms with Gasteiger partial charge < -0.3 is 10.1 Å². The Morgan fingerprint density at radius 3 is 2.81 bits per heavy atom. The lowest BCUT2D eigenvalue weighted by molar-refractivity contribution is 0.319. The third kappa shape index (κ3) is 3.26. The van der Waals surface area contributed by atoms with E-state index in [2.05, 4.69) is 58.5 Å². The van der Waals surface area contributed by atoms with Crippen molar-refractivity contribution in [3.8, 4) is 5.75 Å². The highest BCUT2D eigenvalue weighted by Crippen LogP contribution is 2.28. The lowest BCUT2D eigenvalue weighted by atomic mass is 10.0. The smallest absolute Gasteiger partial charge is 0.124 e. The molecule has 3 aromatic rings. The van der Waals surface area contributed by atoms with Gasteiger partial charge in [-0.15, -0.1) is 0 Å². The predicted molar refractivity (Wildman–Crippen MR) is 90.2 cm³/mol. The molecule has 0 bridgehead atoms. The summed E-state index contributed by atoms with van der Waals surface area (Å²) in [5.74, 6) is 0.985. The first-order valence-corrected chi connectivity index (χ1v) is 8.12. The predicted octanol–water partition coefficient (Wildman–Crippen LogP) is 4.24. The second kappa shape index (κ2) is 6.74. The molecule has 3 rings (SSSR count). The van der Waals surface area contributed by atoms with Crippen LogP contribution in [0, 0.1) is 0 Å². The molecule has 108 valence electrons. The van der Waals surface area contributed by atoms with Gasteiger partial charge in [0.2, 0.25) is 0 Å². The van der Waals surface area contributed by atoms with Crippen molar-refractivity contribution in [3.63, 3.8) is 0 Å². The number of thiophene rings is 1.